The molecular weight excluding hydrogens is 352 g/mol. The topological polar surface area (TPSA) is 43.7 Å². The Kier molecular flexibility index (Phi) is 6.04. The number of amides is 1. The zero-order valence-electron chi connectivity index (χ0n) is 16.8. The van der Waals surface area contributed by atoms with E-state index in [-0.39, 0.29) is 5.91 Å². The van der Waals surface area contributed by atoms with Crippen LogP contribution in [0.4, 0.5) is 0 Å². The van der Waals surface area contributed by atoms with E-state index in [1.54, 1.807) is 19.1 Å². The molecule has 0 fully saturated rings. The SMILES string of the molecule is CCOc1c(CN(C)C(=O)c2ccc(-c3ccccc3)n2C)cccc1OC. The molecule has 0 saturated heterocycles. The summed E-state index contributed by atoms with van der Waals surface area (Å²) in [6.45, 7) is 2.89. The molecule has 0 aliphatic rings. The summed E-state index contributed by atoms with van der Waals surface area (Å²) < 4.78 is 13.1. The maximum absolute atomic E-state index is 13.1. The van der Waals surface area contributed by atoms with Crippen LogP contribution in [0.15, 0.2) is 60.7 Å². The van der Waals surface area contributed by atoms with Crippen LogP contribution in [0.5, 0.6) is 11.5 Å². The van der Waals surface area contributed by atoms with Crippen LogP contribution in [-0.4, -0.2) is 36.1 Å². The van der Waals surface area contributed by atoms with Gasteiger partial charge in [0.05, 0.1) is 13.7 Å². The van der Waals surface area contributed by atoms with Crippen LogP contribution in [0.3, 0.4) is 0 Å². The van der Waals surface area contributed by atoms with Gasteiger partial charge in [-0.2, -0.15) is 0 Å². The van der Waals surface area contributed by atoms with E-state index >= 15 is 0 Å². The van der Waals surface area contributed by atoms with Crippen molar-refractivity contribution < 1.29 is 14.3 Å². The Hall–Kier alpha value is -3.21. The highest BCUT2D eigenvalue weighted by Gasteiger charge is 2.20. The number of para-hydroxylation sites is 1. The van der Waals surface area contributed by atoms with E-state index < -0.39 is 0 Å². The summed E-state index contributed by atoms with van der Waals surface area (Å²) >= 11 is 0. The fourth-order valence-electron chi connectivity index (χ4n) is 3.30. The molecule has 0 bridgehead atoms. The normalized spacial score (nSPS) is 10.6. The molecule has 1 amide bonds. The number of benzene rings is 2. The minimum Gasteiger partial charge on any atom is -0.493 e. The Morgan fingerprint density at radius 3 is 2.46 bits per heavy atom. The summed E-state index contributed by atoms with van der Waals surface area (Å²) in [6.07, 6.45) is 0. The van der Waals surface area contributed by atoms with E-state index in [1.165, 1.54) is 0 Å². The zero-order valence-corrected chi connectivity index (χ0v) is 16.8. The molecule has 5 nitrogen and oxygen atoms in total. The van der Waals surface area contributed by atoms with Gasteiger partial charge in [0, 0.05) is 31.9 Å². The number of hydrogen-bond donors (Lipinski definition) is 0. The van der Waals surface area contributed by atoms with Gasteiger partial charge >= 0.3 is 0 Å². The van der Waals surface area contributed by atoms with E-state index in [4.69, 9.17) is 9.47 Å². The molecule has 0 unspecified atom stereocenters. The van der Waals surface area contributed by atoms with Crippen molar-refractivity contribution in [2.45, 2.75) is 13.5 Å². The predicted octanol–water partition coefficient (Wildman–Crippen LogP) is 4.37. The summed E-state index contributed by atoms with van der Waals surface area (Å²) in [4.78, 5) is 14.8. The molecule has 3 rings (SSSR count). The van der Waals surface area contributed by atoms with Crippen molar-refractivity contribution in [3.05, 3.63) is 71.9 Å². The number of ether oxygens (including phenoxy) is 2. The molecule has 146 valence electrons. The first-order chi connectivity index (χ1) is 13.6. The molecule has 3 aromatic rings. The van der Waals surface area contributed by atoms with Gasteiger partial charge in [0.25, 0.3) is 5.91 Å². The van der Waals surface area contributed by atoms with Gasteiger partial charge < -0.3 is 18.9 Å². The van der Waals surface area contributed by atoms with Crippen molar-refractivity contribution in [2.24, 2.45) is 7.05 Å². The molecule has 0 spiro atoms. The monoisotopic (exact) mass is 378 g/mol. The number of carbonyl (C=O) groups is 1. The third kappa shape index (κ3) is 3.88. The lowest BCUT2D eigenvalue weighted by Crippen LogP contribution is -2.28. The van der Waals surface area contributed by atoms with Crippen LogP contribution < -0.4 is 9.47 Å². The summed E-state index contributed by atoms with van der Waals surface area (Å²) in [5.41, 5.74) is 3.64. The number of carbonyl (C=O) groups excluding carboxylic acids is 1. The second-order valence-electron chi connectivity index (χ2n) is 6.57. The highest BCUT2D eigenvalue weighted by molar-refractivity contribution is 5.93. The average Bonchev–Trinajstić information content (AvgIpc) is 3.10. The lowest BCUT2D eigenvalue weighted by atomic mass is 10.1. The summed E-state index contributed by atoms with van der Waals surface area (Å²) in [7, 11) is 5.33. The van der Waals surface area contributed by atoms with Crippen molar-refractivity contribution >= 4 is 5.91 Å². The molecule has 1 aromatic heterocycles. The Labute approximate surface area is 166 Å². The van der Waals surface area contributed by atoms with Gasteiger partial charge in [-0.05, 0) is 30.7 Å². The van der Waals surface area contributed by atoms with Crippen LogP contribution in [-0.2, 0) is 13.6 Å². The minimum atomic E-state index is -0.0463. The minimum absolute atomic E-state index is 0.0463. The smallest absolute Gasteiger partial charge is 0.270 e. The van der Waals surface area contributed by atoms with Gasteiger partial charge in [-0.3, -0.25) is 4.79 Å². The quantitative estimate of drug-likeness (QED) is 0.613. The van der Waals surface area contributed by atoms with Crippen molar-refractivity contribution in [1.29, 1.82) is 0 Å². The first-order valence-corrected chi connectivity index (χ1v) is 9.32. The fraction of sp³-hybridized carbons (Fsp3) is 0.261. The number of nitrogens with zero attached hydrogens (tertiary/aromatic N) is 2. The van der Waals surface area contributed by atoms with E-state index in [9.17, 15) is 4.79 Å². The third-order valence-corrected chi connectivity index (χ3v) is 4.73. The zero-order chi connectivity index (χ0) is 20.1. The molecule has 1 heterocycles. The molecule has 0 atom stereocenters. The van der Waals surface area contributed by atoms with Crippen molar-refractivity contribution in [2.75, 3.05) is 20.8 Å². The molecule has 5 heteroatoms. The second kappa shape index (κ2) is 8.65. The maximum Gasteiger partial charge on any atom is 0.270 e. The Bertz CT molecular complexity index is 948. The lowest BCUT2D eigenvalue weighted by Gasteiger charge is -2.21. The van der Waals surface area contributed by atoms with E-state index in [0.29, 0.717) is 30.3 Å². The van der Waals surface area contributed by atoms with Gasteiger partial charge in [0.2, 0.25) is 0 Å². The summed E-state index contributed by atoms with van der Waals surface area (Å²) in [5, 5.41) is 0. The van der Waals surface area contributed by atoms with Crippen LogP contribution in [0, 0.1) is 0 Å². The summed E-state index contributed by atoms with van der Waals surface area (Å²) in [5.74, 6) is 1.31. The van der Waals surface area contributed by atoms with Gasteiger partial charge in [0.1, 0.15) is 5.69 Å². The molecule has 28 heavy (non-hydrogen) atoms. The standard InChI is InChI=1S/C23H26N2O3/c1-5-28-22-18(12-9-13-21(22)27-4)16-24(2)23(26)20-15-14-19(25(20)3)17-10-7-6-8-11-17/h6-15H,5,16H2,1-4H3. The predicted molar refractivity (Wildman–Crippen MR) is 111 cm³/mol. The van der Waals surface area contributed by atoms with Crippen LogP contribution >= 0.6 is 0 Å². The van der Waals surface area contributed by atoms with Gasteiger partial charge in [-0.1, -0.05) is 42.5 Å². The maximum atomic E-state index is 13.1. The van der Waals surface area contributed by atoms with Crippen molar-refractivity contribution in [3.63, 3.8) is 0 Å². The Morgan fingerprint density at radius 1 is 1.04 bits per heavy atom. The Morgan fingerprint density at radius 2 is 1.79 bits per heavy atom. The molecule has 0 radical (unpaired) electrons. The van der Waals surface area contributed by atoms with Crippen LogP contribution in [0.1, 0.15) is 23.0 Å². The first kappa shape index (κ1) is 19.5. The largest absolute Gasteiger partial charge is 0.493 e. The van der Waals surface area contributed by atoms with Gasteiger partial charge in [-0.15, -0.1) is 0 Å². The molecule has 2 aromatic carbocycles. The number of rotatable bonds is 7. The number of methoxy groups -OCH3 is 1. The second-order valence-corrected chi connectivity index (χ2v) is 6.57. The first-order valence-electron chi connectivity index (χ1n) is 9.32. The number of hydrogen-bond acceptors (Lipinski definition) is 3. The average molecular weight is 378 g/mol. The van der Waals surface area contributed by atoms with Crippen molar-refractivity contribution in [1.82, 2.24) is 9.47 Å². The molecule has 0 N–H and O–H groups in total. The summed E-state index contributed by atoms with van der Waals surface area (Å²) in [6, 6.07) is 19.6. The highest BCUT2D eigenvalue weighted by Crippen LogP contribution is 2.32. The van der Waals surface area contributed by atoms with Gasteiger partial charge in [0.15, 0.2) is 11.5 Å². The molecule has 0 saturated carbocycles. The van der Waals surface area contributed by atoms with E-state index in [1.807, 2.05) is 79.2 Å². The van der Waals surface area contributed by atoms with E-state index in [2.05, 4.69) is 0 Å². The molecule has 0 aliphatic carbocycles. The van der Waals surface area contributed by atoms with Gasteiger partial charge in [-0.25, -0.2) is 0 Å². The molecule has 0 aliphatic heterocycles. The number of aromatic nitrogens is 1. The van der Waals surface area contributed by atoms with E-state index in [0.717, 1.165) is 16.8 Å². The lowest BCUT2D eigenvalue weighted by molar-refractivity contribution is 0.0774. The van der Waals surface area contributed by atoms with Crippen LogP contribution in [0.25, 0.3) is 11.3 Å². The van der Waals surface area contributed by atoms with Crippen molar-refractivity contribution in [3.8, 4) is 22.8 Å². The highest BCUT2D eigenvalue weighted by atomic mass is 16.5. The Balaban J connectivity index is 1.84. The third-order valence-electron chi connectivity index (χ3n) is 4.73. The fourth-order valence-corrected chi connectivity index (χ4v) is 3.30. The van der Waals surface area contributed by atoms with Crippen LogP contribution in [0.2, 0.25) is 0 Å². The molecular formula is C23H26N2O3.